The summed E-state index contributed by atoms with van der Waals surface area (Å²) in [6, 6.07) is 6.56. The molecule has 22 heavy (non-hydrogen) atoms. The molecule has 1 saturated heterocycles. The van der Waals surface area contributed by atoms with Crippen molar-refractivity contribution >= 4 is 26.0 Å². The summed E-state index contributed by atoms with van der Waals surface area (Å²) < 4.78 is 39.7. The molecule has 1 unspecified atom stereocenters. The highest BCUT2D eigenvalue weighted by molar-refractivity contribution is 9.10. The number of benzene rings is 1. The molecule has 122 valence electrons. The van der Waals surface area contributed by atoms with E-state index in [9.17, 15) is 8.42 Å². The van der Waals surface area contributed by atoms with Gasteiger partial charge in [-0.15, -0.1) is 0 Å². The molecule has 5 nitrogen and oxygen atoms in total. The fraction of sp³-hybridized carbons (Fsp3) is 0.600. The summed E-state index contributed by atoms with van der Waals surface area (Å²) in [4.78, 5) is 0.252. The first-order valence-electron chi connectivity index (χ1n) is 7.56. The zero-order valence-corrected chi connectivity index (χ0v) is 14.7. The maximum absolute atomic E-state index is 12.2. The smallest absolute Gasteiger partial charge is 0.240 e. The molecule has 1 saturated carbocycles. The summed E-state index contributed by atoms with van der Waals surface area (Å²) >= 11 is 3.29. The van der Waals surface area contributed by atoms with Gasteiger partial charge in [-0.2, -0.15) is 0 Å². The first kappa shape index (κ1) is 16.4. The third-order valence-electron chi connectivity index (χ3n) is 4.15. The molecule has 1 aromatic carbocycles. The van der Waals surface area contributed by atoms with E-state index < -0.39 is 15.8 Å². The quantitative estimate of drug-likeness (QED) is 0.859. The van der Waals surface area contributed by atoms with Crippen LogP contribution in [0, 0.1) is 0 Å². The molecule has 1 heterocycles. The van der Waals surface area contributed by atoms with Crippen molar-refractivity contribution in [1.82, 2.24) is 4.72 Å². The summed E-state index contributed by atoms with van der Waals surface area (Å²) in [5.74, 6) is -0.466. The number of hydrogen-bond acceptors (Lipinski definition) is 4. The maximum atomic E-state index is 12.2. The van der Waals surface area contributed by atoms with Crippen molar-refractivity contribution in [3.05, 3.63) is 28.7 Å². The molecular weight excluding hydrogens is 370 g/mol. The second-order valence-electron chi connectivity index (χ2n) is 5.83. The lowest BCUT2D eigenvalue weighted by Gasteiger charge is -2.31. The average Bonchev–Trinajstić information content (AvgIpc) is 2.89. The van der Waals surface area contributed by atoms with Crippen molar-refractivity contribution in [3.63, 3.8) is 0 Å². The van der Waals surface area contributed by atoms with Crippen molar-refractivity contribution in [1.29, 1.82) is 0 Å². The van der Waals surface area contributed by atoms with Crippen LogP contribution in [0.2, 0.25) is 0 Å². The number of sulfonamides is 1. The van der Waals surface area contributed by atoms with Crippen LogP contribution in [-0.2, 0) is 19.5 Å². The van der Waals surface area contributed by atoms with E-state index in [2.05, 4.69) is 20.7 Å². The van der Waals surface area contributed by atoms with Crippen LogP contribution in [0.3, 0.4) is 0 Å². The maximum Gasteiger partial charge on any atom is 0.240 e. The van der Waals surface area contributed by atoms with E-state index in [1.165, 1.54) is 6.42 Å². The largest absolute Gasteiger partial charge is 0.347 e. The lowest BCUT2D eigenvalue weighted by Crippen LogP contribution is -2.37. The lowest BCUT2D eigenvalue weighted by atomic mass is 9.94. The molecule has 1 spiro atoms. The van der Waals surface area contributed by atoms with Crippen LogP contribution >= 0.6 is 15.9 Å². The highest BCUT2D eigenvalue weighted by Gasteiger charge is 2.42. The van der Waals surface area contributed by atoms with Gasteiger partial charge in [0.25, 0.3) is 0 Å². The van der Waals surface area contributed by atoms with Gasteiger partial charge < -0.3 is 9.47 Å². The molecule has 1 aliphatic carbocycles. The fourth-order valence-electron chi connectivity index (χ4n) is 2.97. The highest BCUT2D eigenvalue weighted by Crippen LogP contribution is 2.37. The third kappa shape index (κ3) is 3.71. The van der Waals surface area contributed by atoms with Gasteiger partial charge in [-0.1, -0.05) is 22.4 Å². The van der Waals surface area contributed by atoms with Crippen LogP contribution in [0.1, 0.15) is 32.1 Å². The van der Waals surface area contributed by atoms with Crippen molar-refractivity contribution in [2.45, 2.75) is 48.9 Å². The SMILES string of the molecule is O=S(=O)(NCC1COC2(CCCCC2)O1)c1ccc(Br)cc1. The molecule has 0 aromatic heterocycles. The molecule has 0 bridgehead atoms. The minimum Gasteiger partial charge on any atom is -0.347 e. The van der Waals surface area contributed by atoms with Gasteiger partial charge in [-0.25, -0.2) is 13.1 Å². The van der Waals surface area contributed by atoms with E-state index in [1.807, 2.05) is 0 Å². The number of ether oxygens (including phenoxy) is 2. The standard InChI is InChI=1S/C15H20BrNO4S/c16-12-4-6-14(7-5-12)22(18,19)17-10-13-11-20-15(21-13)8-2-1-3-9-15/h4-7,13,17H,1-3,8-11H2. The average molecular weight is 390 g/mol. The van der Waals surface area contributed by atoms with Crippen LogP contribution in [-0.4, -0.2) is 33.5 Å². The first-order valence-corrected chi connectivity index (χ1v) is 9.84. The number of hydrogen-bond donors (Lipinski definition) is 1. The molecule has 2 aliphatic rings. The number of nitrogens with one attached hydrogen (secondary N) is 1. The Labute approximate surface area is 139 Å². The van der Waals surface area contributed by atoms with Gasteiger partial charge in [0.15, 0.2) is 5.79 Å². The first-order chi connectivity index (χ1) is 10.5. The molecule has 1 N–H and O–H groups in total. The summed E-state index contributed by atoms with van der Waals surface area (Å²) in [5, 5.41) is 0. The summed E-state index contributed by atoms with van der Waals surface area (Å²) in [5.41, 5.74) is 0. The Morgan fingerprint density at radius 3 is 2.55 bits per heavy atom. The van der Waals surface area contributed by atoms with Gasteiger partial charge in [-0.05, 0) is 37.1 Å². The Balaban J connectivity index is 1.57. The second kappa shape index (κ2) is 6.57. The van der Waals surface area contributed by atoms with E-state index in [0.29, 0.717) is 6.61 Å². The second-order valence-corrected chi connectivity index (χ2v) is 8.51. The van der Waals surface area contributed by atoms with Gasteiger partial charge in [0.05, 0.1) is 17.6 Å². The Morgan fingerprint density at radius 1 is 1.18 bits per heavy atom. The Bertz CT molecular complexity index is 611. The Morgan fingerprint density at radius 2 is 1.86 bits per heavy atom. The van der Waals surface area contributed by atoms with Crippen LogP contribution < -0.4 is 4.72 Å². The van der Waals surface area contributed by atoms with E-state index in [1.54, 1.807) is 24.3 Å². The molecule has 3 rings (SSSR count). The van der Waals surface area contributed by atoms with Gasteiger partial charge in [0, 0.05) is 23.9 Å². The van der Waals surface area contributed by atoms with E-state index >= 15 is 0 Å². The van der Waals surface area contributed by atoms with Crippen molar-refractivity contribution < 1.29 is 17.9 Å². The molecule has 7 heteroatoms. The van der Waals surface area contributed by atoms with E-state index in [0.717, 1.165) is 30.2 Å². The number of rotatable bonds is 4. The molecule has 2 fully saturated rings. The number of halogens is 1. The molecule has 1 aliphatic heterocycles. The summed E-state index contributed by atoms with van der Waals surface area (Å²) in [7, 11) is -3.51. The highest BCUT2D eigenvalue weighted by atomic mass is 79.9. The zero-order chi connectivity index (χ0) is 15.6. The molecule has 1 atom stereocenters. The van der Waals surface area contributed by atoms with Gasteiger partial charge in [0.1, 0.15) is 0 Å². The minimum absolute atomic E-state index is 0.219. The van der Waals surface area contributed by atoms with Crippen LogP contribution in [0.4, 0.5) is 0 Å². The van der Waals surface area contributed by atoms with Crippen molar-refractivity contribution in [2.24, 2.45) is 0 Å². The predicted octanol–water partition coefficient (Wildman–Crippen LogP) is 2.80. The third-order valence-corrected chi connectivity index (χ3v) is 6.12. The molecule has 1 aromatic rings. The summed E-state index contributed by atoms with van der Waals surface area (Å²) in [6.45, 7) is 0.684. The zero-order valence-electron chi connectivity index (χ0n) is 12.3. The molecular formula is C15H20BrNO4S. The van der Waals surface area contributed by atoms with E-state index in [4.69, 9.17) is 9.47 Å². The normalized spacial score (nSPS) is 24.7. The van der Waals surface area contributed by atoms with Crippen molar-refractivity contribution in [3.8, 4) is 0 Å². The van der Waals surface area contributed by atoms with Gasteiger partial charge in [0.2, 0.25) is 10.0 Å². The lowest BCUT2D eigenvalue weighted by molar-refractivity contribution is -0.186. The topological polar surface area (TPSA) is 64.6 Å². The summed E-state index contributed by atoms with van der Waals surface area (Å²) in [6.07, 6.45) is 5.03. The Kier molecular flexibility index (Phi) is 4.89. The molecule has 0 radical (unpaired) electrons. The van der Waals surface area contributed by atoms with Crippen LogP contribution in [0.15, 0.2) is 33.6 Å². The van der Waals surface area contributed by atoms with Crippen LogP contribution in [0.25, 0.3) is 0 Å². The monoisotopic (exact) mass is 389 g/mol. The van der Waals surface area contributed by atoms with Crippen molar-refractivity contribution in [2.75, 3.05) is 13.2 Å². The van der Waals surface area contributed by atoms with Crippen LogP contribution in [0.5, 0.6) is 0 Å². The van der Waals surface area contributed by atoms with E-state index in [-0.39, 0.29) is 17.5 Å². The predicted molar refractivity (Wildman–Crippen MR) is 86.0 cm³/mol. The van der Waals surface area contributed by atoms with Gasteiger partial charge >= 0.3 is 0 Å². The fourth-order valence-corrected chi connectivity index (χ4v) is 4.30. The molecule has 0 amide bonds. The minimum atomic E-state index is -3.51. The van der Waals surface area contributed by atoms with Gasteiger partial charge in [-0.3, -0.25) is 0 Å². The Hall–Kier alpha value is -0.470.